The number of imidazole rings is 1. The minimum atomic E-state index is 0.0320. The molecule has 0 saturated heterocycles. The van der Waals surface area contributed by atoms with Crippen molar-refractivity contribution in [3.63, 3.8) is 0 Å². The van der Waals surface area contributed by atoms with Crippen molar-refractivity contribution in [1.82, 2.24) is 9.97 Å². The second kappa shape index (κ2) is 7.83. The number of nitrogen functional groups attached to an aromatic ring is 1. The van der Waals surface area contributed by atoms with Gasteiger partial charge >= 0.3 is 0 Å². The molecule has 5 nitrogen and oxygen atoms in total. The number of hydrogen-bond donors (Lipinski definition) is 3. The molecule has 2 aromatic rings. The van der Waals surface area contributed by atoms with Crippen LogP contribution in [0.3, 0.4) is 0 Å². The van der Waals surface area contributed by atoms with Gasteiger partial charge in [-0.05, 0) is 18.9 Å². The lowest BCUT2D eigenvalue weighted by Crippen LogP contribution is -2.11. The number of rotatable bonds is 7. The summed E-state index contributed by atoms with van der Waals surface area (Å²) >= 11 is 3.39. The van der Waals surface area contributed by atoms with Crippen LogP contribution in [0.5, 0.6) is 0 Å². The van der Waals surface area contributed by atoms with E-state index in [2.05, 4.69) is 31.2 Å². The Kier molecular flexibility index (Phi) is 5.80. The van der Waals surface area contributed by atoms with Gasteiger partial charge in [-0.3, -0.25) is 4.79 Å². The molecule has 1 heterocycles. The molecule has 0 radical (unpaired) electrons. The Balaban J connectivity index is 2.02. The van der Waals surface area contributed by atoms with Crippen molar-refractivity contribution in [3.8, 4) is 11.3 Å². The summed E-state index contributed by atoms with van der Waals surface area (Å²) in [6.07, 6.45) is 5.24. The van der Waals surface area contributed by atoms with E-state index in [0.717, 1.165) is 41.5 Å². The zero-order chi connectivity index (χ0) is 15.1. The van der Waals surface area contributed by atoms with Gasteiger partial charge in [-0.15, -0.1) is 0 Å². The molecule has 0 spiro atoms. The molecule has 0 bridgehead atoms. The smallest absolute Gasteiger partial charge is 0.224 e. The number of amides is 1. The van der Waals surface area contributed by atoms with E-state index < -0.39 is 0 Å². The van der Waals surface area contributed by atoms with Crippen LogP contribution in [0.15, 0.2) is 30.5 Å². The number of carbonyl (C=O) groups is 1. The van der Waals surface area contributed by atoms with Gasteiger partial charge in [-0.2, -0.15) is 0 Å². The lowest BCUT2D eigenvalue weighted by molar-refractivity contribution is -0.116. The first-order valence-electron chi connectivity index (χ1n) is 6.96. The number of para-hydroxylation sites is 1. The van der Waals surface area contributed by atoms with Crippen molar-refractivity contribution in [1.29, 1.82) is 0 Å². The number of nitrogens with two attached hydrogens (primary N) is 1. The molecular weight excluding hydrogens is 332 g/mol. The number of H-pyrrole nitrogens is 1. The van der Waals surface area contributed by atoms with Crippen molar-refractivity contribution in [2.24, 2.45) is 0 Å². The monoisotopic (exact) mass is 350 g/mol. The van der Waals surface area contributed by atoms with E-state index in [-0.39, 0.29) is 5.91 Å². The molecular formula is C15H19BrN4O. The standard InChI is InChI=1S/C15H19BrN4O/c16-9-5-1-2-8-14(21)19-12-7-4-3-6-11(12)13-10-18-15(17)20-13/h3-4,6-7,10H,1-2,5,8-9H2,(H,19,21)(H3,17,18,20). The maximum absolute atomic E-state index is 12.0. The number of anilines is 2. The lowest BCUT2D eigenvalue weighted by atomic mass is 10.1. The second-order valence-corrected chi connectivity index (χ2v) is 5.57. The molecule has 21 heavy (non-hydrogen) atoms. The summed E-state index contributed by atoms with van der Waals surface area (Å²) in [5, 5.41) is 3.94. The Morgan fingerprint density at radius 3 is 2.81 bits per heavy atom. The summed E-state index contributed by atoms with van der Waals surface area (Å²) in [5.41, 5.74) is 8.05. The van der Waals surface area contributed by atoms with Crippen LogP contribution < -0.4 is 11.1 Å². The van der Waals surface area contributed by atoms with Crippen LogP contribution in [-0.2, 0) is 4.79 Å². The van der Waals surface area contributed by atoms with Crippen LogP contribution in [0.2, 0.25) is 0 Å². The second-order valence-electron chi connectivity index (χ2n) is 4.78. The molecule has 0 aliphatic rings. The molecule has 2 rings (SSSR count). The van der Waals surface area contributed by atoms with Crippen LogP contribution in [0.4, 0.5) is 11.6 Å². The van der Waals surface area contributed by atoms with Crippen molar-refractivity contribution in [2.45, 2.75) is 25.7 Å². The number of benzene rings is 1. The van der Waals surface area contributed by atoms with Crippen molar-refractivity contribution < 1.29 is 4.79 Å². The number of hydrogen-bond acceptors (Lipinski definition) is 3. The molecule has 0 atom stereocenters. The molecule has 0 unspecified atom stereocenters. The third-order valence-electron chi connectivity index (χ3n) is 3.12. The third kappa shape index (κ3) is 4.60. The molecule has 0 fully saturated rings. The van der Waals surface area contributed by atoms with Gasteiger partial charge in [-0.1, -0.05) is 40.5 Å². The van der Waals surface area contributed by atoms with Crippen LogP contribution in [0, 0.1) is 0 Å². The largest absolute Gasteiger partial charge is 0.369 e. The van der Waals surface area contributed by atoms with Crippen molar-refractivity contribution in [2.75, 3.05) is 16.4 Å². The number of nitrogens with zero attached hydrogens (tertiary/aromatic N) is 1. The Morgan fingerprint density at radius 1 is 1.29 bits per heavy atom. The highest BCUT2D eigenvalue weighted by Crippen LogP contribution is 2.26. The zero-order valence-corrected chi connectivity index (χ0v) is 13.3. The first kappa shape index (κ1) is 15.6. The minimum absolute atomic E-state index is 0.0320. The van der Waals surface area contributed by atoms with E-state index in [1.54, 1.807) is 6.20 Å². The minimum Gasteiger partial charge on any atom is -0.369 e. The maximum atomic E-state index is 12.0. The van der Waals surface area contributed by atoms with E-state index in [0.29, 0.717) is 12.4 Å². The average molecular weight is 351 g/mol. The van der Waals surface area contributed by atoms with Crippen molar-refractivity contribution in [3.05, 3.63) is 30.5 Å². The van der Waals surface area contributed by atoms with Gasteiger partial charge in [0.1, 0.15) is 0 Å². The van der Waals surface area contributed by atoms with Gasteiger partial charge in [0.25, 0.3) is 0 Å². The molecule has 1 amide bonds. The number of unbranched alkanes of at least 4 members (excludes halogenated alkanes) is 2. The zero-order valence-electron chi connectivity index (χ0n) is 11.7. The quantitative estimate of drug-likeness (QED) is 0.527. The predicted molar refractivity (Wildman–Crippen MR) is 89.3 cm³/mol. The van der Waals surface area contributed by atoms with Gasteiger partial charge in [0.2, 0.25) is 5.91 Å². The number of halogens is 1. The number of aromatic amines is 1. The van der Waals surface area contributed by atoms with Crippen LogP contribution in [-0.4, -0.2) is 21.2 Å². The molecule has 0 saturated carbocycles. The van der Waals surface area contributed by atoms with Gasteiger partial charge in [0.15, 0.2) is 5.95 Å². The Bertz CT molecular complexity index is 597. The first-order chi connectivity index (χ1) is 10.2. The number of carbonyl (C=O) groups excluding carboxylic acids is 1. The van der Waals surface area contributed by atoms with E-state index in [9.17, 15) is 4.79 Å². The molecule has 1 aromatic carbocycles. The summed E-state index contributed by atoms with van der Waals surface area (Å²) in [7, 11) is 0. The highest BCUT2D eigenvalue weighted by atomic mass is 79.9. The molecule has 6 heteroatoms. The van der Waals surface area contributed by atoms with Crippen LogP contribution in [0.25, 0.3) is 11.3 Å². The number of aromatic nitrogens is 2. The van der Waals surface area contributed by atoms with Crippen LogP contribution in [0.1, 0.15) is 25.7 Å². The van der Waals surface area contributed by atoms with E-state index in [1.165, 1.54) is 0 Å². The fourth-order valence-corrected chi connectivity index (χ4v) is 2.47. The third-order valence-corrected chi connectivity index (χ3v) is 3.69. The Morgan fingerprint density at radius 2 is 2.10 bits per heavy atom. The number of alkyl halides is 1. The molecule has 4 N–H and O–H groups in total. The highest BCUT2D eigenvalue weighted by molar-refractivity contribution is 9.09. The van der Waals surface area contributed by atoms with Gasteiger partial charge in [0.05, 0.1) is 17.6 Å². The molecule has 0 aliphatic carbocycles. The molecule has 112 valence electrons. The Labute approximate surface area is 132 Å². The summed E-state index contributed by atoms with van der Waals surface area (Å²) in [5.74, 6) is 0.394. The summed E-state index contributed by atoms with van der Waals surface area (Å²) in [6.45, 7) is 0. The SMILES string of the molecule is Nc1ncc(-c2ccccc2NC(=O)CCCCCBr)[nH]1. The Hall–Kier alpha value is -1.82. The summed E-state index contributed by atoms with van der Waals surface area (Å²) in [6, 6.07) is 7.61. The summed E-state index contributed by atoms with van der Waals surface area (Å²) in [4.78, 5) is 19.0. The fraction of sp³-hybridized carbons (Fsp3) is 0.333. The average Bonchev–Trinajstić information content (AvgIpc) is 2.91. The molecule has 0 aliphatic heterocycles. The fourth-order valence-electron chi connectivity index (χ4n) is 2.07. The van der Waals surface area contributed by atoms with E-state index in [4.69, 9.17) is 5.73 Å². The predicted octanol–water partition coefficient (Wildman–Crippen LogP) is 3.55. The van der Waals surface area contributed by atoms with Gasteiger partial charge < -0.3 is 16.0 Å². The maximum Gasteiger partial charge on any atom is 0.224 e. The van der Waals surface area contributed by atoms with Crippen molar-refractivity contribution >= 4 is 33.5 Å². The normalized spacial score (nSPS) is 10.5. The van der Waals surface area contributed by atoms with Gasteiger partial charge in [0, 0.05) is 17.3 Å². The van der Waals surface area contributed by atoms with E-state index in [1.807, 2.05) is 24.3 Å². The molecule has 1 aromatic heterocycles. The van der Waals surface area contributed by atoms with Crippen LogP contribution >= 0.6 is 15.9 Å². The first-order valence-corrected chi connectivity index (χ1v) is 8.08. The highest BCUT2D eigenvalue weighted by Gasteiger charge is 2.09. The number of nitrogens with one attached hydrogen (secondary N) is 2. The lowest BCUT2D eigenvalue weighted by Gasteiger charge is -2.09. The van der Waals surface area contributed by atoms with Gasteiger partial charge in [-0.25, -0.2) is 4.98 Å². The van der Waals surface area contributed by atoms with E-state index >= 15 is 0 Å². The summed E-state index contributed by atoms with van der Waals surface area (Å²) < 4.78 is 0. The topological polar surface area (TPSA) is 83.8 Å².